The van der Waals surface area contributed by atoms with E-state index in [4.69, 9.17) is 14.5 Å². The first kappa shape index (κ1) is 19.4. The van der Waals surface area contributed by atoms with Crippen LogP contribution >= 0.6 is 0 Å². The lowest BCUT2D eigenvalue weighted by molar-refractivity contribution is 0.315. The molecule has 31 heavy (non-hydrogen) atoms. The molecule has 0 radical (unpaired) electrons. The van der Waals surface area contributed by atoms with Crippen molar-refractivity contribution in [1.29, 1.82) is 0 Å². The molecule has 2 aromatic carbocycles. The van der Waals surface area contributed by atoms with Crippen LogP contribution < -0.4 is 14.4 Å². The van der Waals surface area contributed by atoms with Crippen LogP contribution in [0.4, 0.5) is 11.5 Å². The van der Waals surface area contributed by atoms with Gasteiger partial charge in [0.05, 0.1) is 42.1 Å². The van der Waals surface area contributed by atoms with Gasteiger partial charge in [0.15, 0.2) is 5.75 Å². The van der Waals surface area contributed by atoms with Crippen molar-refractivity contribution in [2.75, 3.05) is 25.2 Å². The Bertz CT molecular complexity index is 1240. The summed E-state index contributed by atoms with van der Waals surface area (Å²) < 4.78 is 11.4. The summed E-state index contributed by atoms with van der Waals surface area (Å²) in [5, 5.41) is 0. The number of methoxy groups -OCH3 is 1. The summed E-state index contributed by atoms with van der Waals surface area (Å²) in [6.07, 6.45) is 1.74. The third-order valence-electron chi connectivity index (χ3n) is 5.68. The third-order valence-corrected chi connectivity index (χ3v) is 5.68. The summed E-state index contributed by atoms with van der Waals surface area (Å²) in [5.74, 6) is 3.23. The number of fused-ring (bicyclic) bond motifs is 2. The molecule has 0 bridgehead atoms. The molecule has 1 N–H and O–H groups in total. The summed E-state index contributed by atoms with van der Waals surface area (Å²) in [7, 11) is 1.64. The fourth-order valence-electron chi connectivity index (χ4n) is 3.93. The number of anilines is 2. The average Bonchev–Trinajstić information content (AvgIpc) is 3.21. The van der Waals surface area contributed by atoms with Crippen molar-refractivity contribution in [1.82, 2.24) is 15.0 Å². The van der Waals surface area contributed by atoms with Crippen molar-refractivity contribution in [2.45, 2.75) is 26.2 Å². The first-order chi connectivity index (χ1) is 14.9. The number of H-pyrrole nitrogens is 1. The zero-order chi connectivity index (χ0) is 21.6. The van der Waals surface area contributed by atoms with Crippen molar-refractivity contribution >= 4 is 22.5 Å². The molecule has 0 unspecified atom stereocenters. The minimum atomic E-state index is 0.0837. The highest BCUT2D eigenvalue weighted by Gasteiger charge is 2.25. The lowest BCUT2D eigenvalue weighted by Gasteiger charge is -2.31. The smallest absolute Gasteiger partial charge is 0.154 e. The van der Waals surface area contributed by atoms with Gasteiger partial charge in [0, 0.05) is 0 Å². The summed E-state index contributed by atoms with van der Waals surface area (Å²) in [5.41, 5.74) is 5.27. The second-order valence-electron chi connectivity index (χ2n) is 8.78. The lowest BCUT2D eigenvalue weighted by atomic mass is 9.87. The van der Waals surface area contributed by atoms with Gasteiger partial charge < -0.3 is 19.4 Å². The van der Waals surface area contributed by atoms with Crippen LogP contribution in [0, 0.1) is 0 Å². The molecule has 0 atom stereocenters. The van der Waals surface area contributed by atoms with Crippen molar-refractivity contribution in [3.63, 3.8) is 0 Å². The number of aromatic amines is 1. The Morgan fingerprint density at radius 2 is 1.97 bits per heavy atom. The predicted octanol–water partition coefficient (Wildman–Crippen LogP) is 5.46. The largest absolute Gasteiger partial charge is 0.495 e. The number of nitrogens with zero attached hydrogens (tertiary/aromatic N) is 3. The molecule has 5 rings (SSSR count). The van der Waals surface area contributed by atoms with Gasteiger partial charge in [0.25, 0.3) is 0 Å². The molecule has 0 aliphatic carbocycles. The van der Waals surface area contributed by atoms with E-state index in [0.29, 0.717) is 6.61 Å². The first-order valence-corrected chi connectivity index (χ1v) is 10.5. The van der Waals surface area contributed by atoms with E-state index in [0.717, 1.165) is 52.0 Å². The Labute approximate surface area is 181 Å². The number of imidazole rings is 1. The molecule has 0 fully saturated rings. The number of para-hydroxylation sites is 1. The van der Waals surface area contributed by atoms with Crippen LogP contribution in [-0.4, -0.2) is 35.2 Å². The van der Waals surface area contributed by atoms with Gasteiger partial charge >= 0.3 is 0 Å². The molecule has 0 amide bonds. The number of aromatic nitrogens is 3. The van der Waals surface area contributed by atoms with Crippen molar-refractivity contribution < 1.29 is 9.47 Å². The fraction of sp³-hybridized carbons (Fsp3) is 0.280. The summed E-state index contributed by atoms with van der Waals surface area (Å²) in [6, 6.07) is 16.5. The molecule has 2 aromatic heterocycles. The second-order valence-corrected chi connectivity index (χ2v) is 8.78. The molecule has 6 heteroatoms. The third kappa shape index (κ3) is 3.48. The number of benzene rings is 2. The van der Waals surface area contributed by atoms with Crippen LogP contribution in [0.1, 0.15) is 26.3 Å². The minimum Gasteiger partial charge on any atom is -0.495 e. The van der Waals surface area contributed by atoms with Gasteiger partial charge in [-0.05, 0) is 47.4 Å². The van der Waals surface area contributed by atoms with E-state index in [1.807, 2.05) is 24.3 Å². The molecule has 4 aromatic rings. The second kappa shape index (κ2) is 7.30. The van der Waals surface area contributed by atoms with E-state index < -0.39 is 0 Å². The molecular weight excluding hydrogens is 388 g/mol. The average molecular weight is 415 g/mol. The lowest BCUT2D eigenvalue weighted by Crippen LogP contribution is -2.29. The van der Waals surface area contributed by atoms with Crippen LogP contribution in [0.25, 0.3) is 22.4 Å². The van der Waals surface area contributed by atoms with Crippen LogP contribution in [0.15, 0.2) is 54.7 Å². The standard InChI is InChI=1S/C25H26N4O2/c1-25(2,3)16-8-10-19-20(14-16)28-24(27-19)18-6-5-7-21-23(18)31-13-12-29(21)22-11-9-17(30-4)15-26-22/h5-11,14-15H,12-13H2,1-4H3,(H,27,28). The number of nitrogens with one attached hydrogen (secondary N) is 1. The highest BCUT2D eigenvalue weighted by molar-refractivity contribution is 5.85. The molecule has 0 saturated carbocycles. The SMILES string of the molecule is COc1ccc(N2CCOc3c(-c4nc5ccc(C(C)(C)C)cc5[nH]4)cccc32)nc1. The Morgan fingerprint density at radius 1 is 1.10 bits per heavy atom. The number of hydrogen-bond donors (Lipinski definition) is 1. The van der Waals surface area contributed by atoms with E-state index in [1.165, 1.54) is 5.56 Å². The van der Waals surface area contributed by atoms with Crippen LogP contribution in [0.2, 0.25) is 0 Å². The maximum Gasteiger partial charge on any atom is 0.154 e. The molecule has 158 valence electrons. The molecule has 6 nitrogen and oxygen atoms in total. The van der Waals surface area contributed by atoms with Crippen molar-refractivity contribution in [2.24, 2.45) is 0 Å². The van der Waals surface area contributed by atoms with Crippen LogP contribution in [0.3, 0.4) is 0 Å². The minimum absolute atomic E-state index is 0.0837. The molecular formula is C25H26N4O2. The van der Waals surface area contributed by atoms with E-state index in [-0.39, 0.29) is 5.41 Å². The van der Waals surface area contributed by atoms with E-state index >= 15 is 0 Å². The van der Waals surface area contributed by atoms with Crippen LogP contribution in [-0.2, 0) is 5.41 Å². The zero-order valence-electron chi connectivity index (χ0n) is 18.3. The summed E-state index contributed by atoms with van der Waals surface area (Å²) in [4.78, 5) is 15.1. The zero-order valence-corrected chi connectivity index (χ0v) is 18.3. The highest BCUT2D eigenvalue weighted by atomic mass is 16.5. The molecule has 0 spiro atoms. The van der Waals surface area contributed by atoms with Crippen molar-refractivity contribution in [3.8, 4) is 22.9 Å². The van der Waals surface area contributed by atoms with E-state index in [9.17, 15) is 0 Å². The van der Waals surface area contributed by atoms with Crippen molar-refractivity contribution in [3.05, 3.63) is 60.3 Å². The van der Waals surface area contributed by atoms with Crippen LogP contribution in [0.5, 0.6) is 11.5 Å². The molecule has 3 heterocycles. The Balaban J connectivity index is 1.57. The highest BCUT2D eigenvalue weighted by Crippen LogP contribution is 2.42. The first-order valence-electron chi connectivity index (χ1n) is 10.5. The summed E-state index contributed by atoms with van der Waals surface area (Å²) in [6.45, 7) is 7.95. The maximum atomic E-state index is 6.13. The number of ether oxygens (including phenoxy) is 2. The van der Waals surface area contributed by atoms with E-state index in [2.05, 4.69) is 59.9 Å². The number of hydrogen-bond acceptors (Lipinski definition) is 5. The maximum absolute atomic E-state index is 6.13. The summed E-state index contributed by atoms with van der Waals surface area (Å²) >= 11 is 0. The predicted molar refractivity (Wildman–Crippen MR) is 124 cm³/mol. The topological polar surface area (TPSA) is 63.3 Å². The Morgan fingerprint density at radius 3 is 2.71 bits per heavy atom. The van der Waals surface area contributed by atoms with Gasteiger partial charge in [-0.1, -0.05) is 32.9 Å². The monoisotopic (exact) mass is 414 g/mol. The van der Waals surface area contributed by atoms with Gasteiger partial charge in [-0.2, -0.15) is 0 Å². The number of rotatable bonds is 3. The van der Waals surface area contributed by atoms with Gasteiger partial charge in [-0.25, -0.2) is 9.97 Å². The quantitative estimate of drug-likeness (QED) is 0.482. The van der Waals surface area contributed by atoms with Gasteiger partial charge in [-0.3, -0.25) is 0 Å². The van der Waals surface area contributed by atoms with Gasteiger partial charge in [-0.15, -0.1) is 0 Å². The molecule has 1 aliphatic heterocycles. The van der Waals surface area contributed by atoms with Gasteiger partial charge in [0.1, 0.15) is 24.0 Å². The molecule has 0 saturated heterocycles. The Hall–Kier alpha value is -3.54. The van der Waals surface area contributed by atoms with Gasteiger partial charge in [0.2, 0.25) is 0 Å². The number of pyridine rings is 1. The Kier molecular flexibility index (Phi) is 4.58. The van der Waals surface area contributed by atoms with E-state index in [1.54, 1.807) is 13.3 Å². The normalized spacial score (nSPS) is 13.7. The molecule has 1 aliphatic rings. The fourth-order valence-corrected chi connectivity index (χ4v) is 3.93.